The van der Waals surface area contributed by atoms with Crippen LogP contribution in [0.5, 0.6) is 0 Å². The summed E-state index contributed by atoms with van der Waals surface area (Å²) in [5, 5.41) is 20.7. The normalized spacial score (nSPS) is 15.2. The SMILES string of the molecule is Cn1nc2c(=O)n(CC3(O)CCN(Cc4ccc(-c5cccs5)cc4F)CC3)cnc2c1-c1ccc(CNC(=O)OC(C)(C)C)cc1. The van der Waals surface area contributed by atoms with E-state index in [9.17, 15) is 19.1 Å². The van der Waals surface area contributed by atoms with Crippen molar-refractivity contribution in [2.24, 2.45) is 7.05 Å². The molecule has 0 atom stereocenters. The van der Waals surface area contributed by atoms with E-state index in [0.29, 0.717) is 55.8 Å². The van der Waals surface area contributed by atoms with Crippen LogP contribution in [0.2, 0.25) is 0 Å². The van der Waals surface area contributed by atoms with Crippen LogP contribution in [-0.2, 0) is 31.4 Å². The van der Waals surface area contributed by atoms with E-state index in [1.165, 1.54) is 10.9 Å². The first kappa shape index (κ1) is 32.5. The van der Waals surface area contributed by atoms with Crippen molar-refractivity contribution in [3.63, 3.8) is 0 Å². The average molecular weight is 659 g/mol. The molecule has 0 spiro atoms. The minimum absolute atomic E-state index is 0.0950. The lowest BCUT2D eigenvalue weighted by atomic mass is 9.91. The van der Waals surface area contributed by atoms with Crippen LogP contribution >= 0.6 is 11.3 Å². The maximum absolute atomic E-state index is 14.9. The van der Waals surface area contributed by atoms with E-state index < -0.39 is 17.3 Å². The number of aromatic nitrogens is 4. The van der Waals surface area contributed by atoms with Crippen molar-refractivity contribution in [1.82, 2.24) is 29.5 Å². The van der Waals surface area contributed by atoms with Gasteiger partial charge in [0.1, 0.15) is 16.9 Å². The summed E-state index contributed by atoms with van der Waals surface area (Å²) in [6.07, 6.45) is 1.87. The topological polar surface area (TPSA) is 115 Å². The van der Waals surface area contributed by atoms with Gasteiger partial charge in [-0.05, 0) is 62.3 Å². The molecule has 0 radical (unpaired) electrons. The number of alkyl carbamates (subject to hydrolysis) is 1. The summed E-state index contributed by atoms with van der Waals surface area (Å²) in [5.74, 6) is -0.233. The number of aryl methyl sites for hydroxylation is 1. The van der Waals surface area contributed by atoms with Gasteiger partial charge in [-0.3, -0.25) is 18.9 Å². The van der Waals surface area contributed by atoms with E-state index in [2.05, 4.69) is 20.3 Å². The van der Waals surface area contributed by atoms with Crippen molar-refractivity contribution in [3.05, 3.63) is 93.6 Å². The van der Waals surface area contributed by atoms with Gasteiger partial charge in [-0.2, -0.15) is 5.10 Å². The lowest BCUT2D eigenvalue weighted by molar-refractivity contribution is -0.0366. The molecule has 5 aromatic rings. The third-order valence-electron chi connectivity index (χ3n) is 8.38. The number of carbonyl (C=O) groups excluding carboxylic acids is 1. The summed E-state index contributed by atoms with van der Waals surface area (Å²) in [5.41, 5.74) is 2.60. The first-order chi connectivity index (χ1) is 22.4. The fraction of sp³-hybridized carbons (Fsp3) is 0.371. The van der Waals surface area contributed by atoms with Crippen molar-refractivity contribution in [2.75, 3.05) is 13.1 Å². The van der Waals surface area contributed by atoms with Gasteiger partial charge >= 0.3 is 6.09 Å². The van der Waals surface area contributed by atoms with Gasteiger partial charge < -0.3 is 15.2 Å². The van der Waals surface area contributed by atoms with Gasteiger partial charge in [0.15, 0.2) is 5.52 Å². The minimum atomic E-state index is -1.10. The number of rotatable bonds is 8. The number of aliphatic hydroxyl groups is 1. The van der Waals surface area contributed by atoms with Crippen LogP contribution in [0.1, 0.15) is 44.7 Å². The summed E-state index contributed by atoms with van der Waals surface area (Å²) in [6, 6.07) is 16.9. The van der Waals surface area contributed by atoms with Crippen LogP contribution in [0.4, 0.5) is 9.18 Å². The zero-order valence-electron chi connectivity index (χ0n) is 27.0. The summed E-state index contributed by atoms with van der Waals surface area (Å²) in [6.45, 7) is 7.44. The minimum Gasteiger partial charge on any atom is -0.444 e. The highest BCUT2D eigenvalue weighted by molar-refractivity contribution is 7.13. The molecule has 2 N–H and O–H groups in total. The highest BCUT2D eigenvalue weighted by Gasteiger charge is 2.34. The lowest BCUT2D eigenvalue weighted by Crippen LogP contribution is -2.47. The standard InChI is InChI=1S/C35H39FN6O4S/c1-34(2,3)46-33(44)37-19-23-7-9-24(10-8-23)31-29-30(39-40(31)4)32(43)42(22-38-29)21-35(45)13-15-41(16-14-35)20-26-12-11-25(18-27(26)36)28-6-5-17-47-28/h5-12,17-18,22,45H,13-16,19-21H2,1-4H3,(H,37,44). The maximum Gasteiger partial charge on any atom is 0.407 e. The Morgan fingerprint density at radius 2 is 1.81 bits per heavy atom. The van der Waals surface area contributed by atoms with Crippen LogP contribution in [0.3, 0.4) is 0 Å². The molecule has 246 valence electrons. The molecule has 1 aliphatic heterocycles. The van der Waals surface area contributed by atoms with Crippen LogP contribution < -0.4 is 10.9 Å². The molecule has 47 heavy (non-hydrogen) atoms. The molecule has 3 aromatic heterocycles. The molecule has 1 saturated heterocycles. The smallest absolute Gasteiger partial charge is 0.407 e. The van der Waals surface area contributed by atoms with Crippen molar-refractivity contribution in [1.29, 1.82) is 0 Å². The second-order valence-corrected chi connectivity index (χ2v) is 14.1. The van der Waals surface area contributed by atoms with Crippen molar-refractivity contribution in [3.8, 4) is 21.7 Å². The number of thiophene rings is 1. The Kier molecular flexibility index (Phi) is 9.01. The summed E-state index contributed by atoms with van der Waals surface area (Å²) in [7, 11) is 1.76. The molecular formula is C35H39FN6O4S. The third kappa shape index (κ3) is 7.45. The molecule has 4 heterocycles. The number of amides is 1. The van der Waals surface area contributed by atoms with E-state index in [4.69, 9.17) is 4.74 Å². The fourth-order valence-corrected chi connectivity index (χ4v) is 6.64. The molecule has 12 heteroatoms. The molecule has 0 saturated carbocycles. The number of halogens is 1. The van der Waals surface area contributed by atoms with Crippen LogP contribution in [0.25, 0.3) is 32.7 Å². The number of fused-ring (bicyclic) bond motifs is 1. The zero-order valence-corrected chi connectivity index (χ0v) is 27.8. The number of benzene rings is 2. The van der Waals surface area contributed by atoms with Gasteiger partial charge in [0.25, 0.3) is 5.56 Å². The number of hydrogen-bond acceptors (Lipinski definition) is 8. The Morgan fingerprint density at radius 1 is 1.09 bits per heavy atom. The molecule has 1 aliphatic rings. The molecule has 1 fully saturated rings. The largest absolute Gasteiger partial charge is 0.444 e. The molecule has 0 unspecified atom stereocenters. The van der Waals surface area contributed by atoms with Crippen LogP contribution in [-0.4, -0.2) is 59.7 Å². The summed E-state index contributed by atoms with van der Waals surface area (Å²) in [4.78, 5) is 33.3. The van der Waals surface area contributed by atoms with Gasteiger partial charge in [-0.15, -0.1) is 11.3 Å². The lowest BCUT2D eigenvalue weighted by Gasteiger charge is -2.38. The van der Waals surface area contributed by atoms with E-state index >= 15 is 0 Å². The average Bonchev–Trinajstić information content (AvgIpc) is 3.68. The van der Waals surface area contributed by atoms with E-state index in [1.807, 2.05) is 74.7 Å². The van der Waals surface area contributed by atoms with E-state index in [-0.39, 0.29) is 23.4 Å². The van der Waals surface area contributed by atoms with Crippen molar-refractivity contribution in [2.45, 2.75) is 64.4 Å². The van der Waals surface area contributed by atoms with Gasteiger partial charge in [0.2, 0.25) is 0 Å². The summed E-state index contributed by atoms with van der Waals surface area (Å²) >= 11 is 1.58. The van der Waals surface area contributed by atoms with E-state index in [1.54, 1.807) is 29.1 Å². The van der Waals surface area contributed by atoms with Gasteiger partial charge in [0.05, 0.1) is 24.2 Å². The number of hydrogen-bond donors (Lipinski definition) is 2. The number of piperidine rings is 1. The third-order valence-corrected chi connectivity index (χ3v) is 9.30. The number of likely N-dealkylation sites (tertiary alicyclic amines) is 1. The van der Waals surface area contributed by atoms with Gasteiger partial charge in [-0.25, -0.2) is 14.2 Å². The predicted molar refractivity (Wildman–Crippen MR) is 180 cm³/mol. The van der Waals surface area contributed by atoms with E-state index in [0.717, 1.165) is 21.6 Å². The molecule has 1 amide bonds. The Morgan fingerprint density at radius 3 is 2.47 bits per heavy atom. The number of nitrogens with zero attached hydrogens (tertiary/aromatic N) is 5. The Labute approximate surface area is 276 Å². The fourth-order valence-electron chi connectivity index (χ4n) is 5.92. The predicted octanol–water partition coefficient (Wildman–Crippen LogP) is 5.72. The van der Waals surface area contributed by atoms with Crippen LogP contribution in [0.15, 0.2) is 71.1 Å². The Bertz CT molecular complexity index is 1940. The summed E-state index contributed by atoms with van der Waals surface area (Å²) < 4.78 is 23.3. The maximum atomic E-state index is 14.9. The van der Waals surface area contributed by atoms with Gasteiger partial charge in [-0.1, -0.05) is 42.5 Å². The highest BCUT2D eigenvalue weighted by atomic mass is 32.1. The first-order valence-electron chi connectivity index (χ1n) is 15.6. The van der Waals surface area contributed by atoms with Crippen molar-refractivity contribution < 1.29 is 19.0 Å². The molecule has 0 aliphatic carbocycles. The second-order valence-electron chi connectivity index (χ2n) is 13.2. The molecular weight excluding hydrogens is 619 g/mol. The highest BCUT2D eigenvalue weighted by Crippen LogP contribution is 2.30. The quantitative estimate of drug-likeness (QED) is 0.219. The molecule has 0 bridgehead atoms. The number of carbonyl (C=O) groups is 1. The zero-order chi connectivity index (χ0) is 33.3. The van der Waals surface area contributed by atoms with Crippen LogP contribution in [0, 0.1) is 5.82 Å². The Hall–Kier alpha value is -4.39. The van der Waals surface area contributed by atoms with Crippen molar-refractivity contribution >= 4 is 28.5 Å². The molecule has 6 rings (SSSR count). The monoisotopic (exact) mass is 658 g/mol. The Balaban J connectivity index is 1.10. The molecule has 2 aromatic carbocycles. The number of nitrogens with one attached hydrogen (secondary N) is 1. The second kappa shape index (κ2) is 13.0. The molecule has 10 nitrogen and oxygen atoms in total. The first-order valence-corrected chi connectivity index (χ1v) is 16.5. The number of ether oxygens (including phenoxy) is 1. The van der Waals surface area contributed by atoms with Gasteiger partial charge in [0, 0.05) is 49.2 Å².